The van der Waals surface area contributed by atoms with Crippen molar-refractivity contribution in [2.75, 3.05) is 13.1 Å². The fourth-order valence-corrected chi connectivity index (χ4v) is 3.63. The van der Waals surface area contributed by atoms with Gasteiger partial charge in [-0.2, -0.15) is 0 Å². The topological polar surface area (TPSA) is 68.5 Å². The molecule has 3 aromatic rings. The molecule has 0 atom stereocenters. The Kier molecular flexibility index (Phi) is 5.03. The summed E-state index contributed by atoms with van der Waals surface area (Å²) < 4.78 is 5.99. The summed E-state index contributed by atoms with van der Waals surface area (Å²) in [5, 5.41) is 2.27. The molecule has 5 nitrogen and oxygen atoms in total. The van der Waals surface area contributed by atoms with Crippen LogP contribution in [-0.2, 0) is 6.54 Å². The van der Waals surface area contributed by atoms with Gasteiger partial charge in [0.05, 0.1) is 5.56 Å². The predicted octanol–water partition coefficient (Wildman–Crippen LogP) is 4.11. The molecule has 1 fully saturated rings. The Morgan fingerprint density at radius 1 is 1.00 bits per heavy atom. The second kappa shape index (κ2) is 7.76. The number of hydrogen-bond acceptors (Lipinski definition) is 4. The second-order valence-corrected chi connectivity index (χ2v) is 6.96. The summed E-state index contributed by atoms with van der Waals surface area (Å²) in [5.41, 5.74) is 6.94. The van der Waals surface area contributed by atoms with E-state index in [0.717, 1.165) is 17.7 Å². The number of likely N-dealkylation sites (tertiary alicyclic amines) is 1. The van der Waals surface area contributed by atoms with Gasteiger partial charge in [-0.05, 0) is 49.0 Å². The number of primary amides is 1. The number of carbonyl (C=O) groups excluding carboxylic acids is 1. The number of pyridine rings is 1. The normalized spacial score (nSPS) is 15.0. The Morgan fingerprint density at radius 2 is 1.78 bits per heavy atom. The summed E-state index contributed by atoms with van der Waals surface area (Å²) in [4.78, 5) is 17.9. The molecule has 0 unspecified atom stereocenters. The van der Waals surface area contributed by atoms with E-state index in [2.05, 4.69) is 34.1 Å². The summed E-state index contributed by atoms with van der Waals surface area (Å²) in [6.45, 7) is 3.30. The van der Waals surface area contributed by atoms with Gasteiger partial charge in [0.1, 0.15) is 5.75 Å². The van der Waals surface area contributed by atoms with E-state index >= 15 is 0 Å². The molecule has 5 heteroatoms. The van der Waals surface area contributed by atoms with Crippen molar-refractivity contribution < 1.29 is 9.53 Å². The van der Waals surface area contributed by atoms with Crippen molar-refractivity contribution in [1.82, 2.24) is 9.88 Å². The van der Waals surface area contributed by atoms with Gasteiger partial charge in [-0.15, -0.1) is 0 Å². The van der Waals surface area contributed by atoms with Crippen molar-refractivity contribution >= 4 is 16.7 Å². The largest absolute Gasteiger partial charge is 0.438 e. The fraction of sp³-hybridized carbons (Fsp3) is 0.273. The van der Waals surface area contributed by atoms with E-state index in [4.69, 9.17) is 10.5 Å². The third-order valence-electron chi connectivity index (χ3n) is 5.05. The second-order valence-electron chi connectivity index (χ2n) is 6.96. The van der Waals surface area contributed by atoms with Gasteiger partial charge in [-0.1, -0.05) is 36.8 Å². The minimum absolute atomic E-state index is 0.365. The number of nitrogens with zero attached hydrogens (tertiary/aromatic N) is 2. The maximum Gasteiger partial charge on any atom is 0.250 e. The molecule has 0 radical (unpaired) electrons. The highest BCUT2D eigenvalue weighted by molar-refractivity contribution is 5.92. The molecule has 0 saturated carbocycles. The quantitative estimate of drug-likeness (QED) is 0.742. The monoisotopic (exact) mass is 361 g/mol. The molecule has 2 N–H and O–H groups in total. The summed E-state index contributed by atoms with van der Waals surface area (Å²) in [6, 6.07) is 15.7. The molecule has 0 spiro atoms. The molecule has 4 rings (SSSR count). The Hall–Kier alpha value is -2.92. The zero-order valence-corrected chi connectivity index (χ0v) is 15.2. The van der Waals surface area contributed by atoms with Crippen LogP contribution in [0.3, 0.4) is 0 Å². The SMILES string of the molecule is NC(=O)c1ccc(Oc2cccc3c(CN4CCCCC4)cccc23)nc1. The summed E-state index contributed by atoms with van der Waals surface area (Å²) in [5.74, 6) is 0.697. The number of rotatable bonds is 5. The standard InChI is InChI=1S/C22H23N3O2/c23-22(26)16-10-11-21(24-14-16)27-20-9-5-7-18-17(6-4-8-19(18)20)15-25-12-2-1-3-13-25/h4-11,14H,1-3,12-13,15H2,(H2,23,26). The van der Waals surface area contributed by atoms with Crippen LogP contribution in [0.5, 0.6) is 11.6 Å². The molecule has 1 saturated heterocycles. The van der Waals surface area contributed by atoms with Gasteiger partial charge < -0.3 is 10.5 Å². The first-order valence-corrected chi connectivity index (χ1v) is 9.37. The zero-order valence-electron chi connectivity index (χ0n) is 15.2. The molecule has 138 valence electrons. The average molecular weight is 361 g/mol. The van der Waals surface area contributed by atoms with Gasteiger partial charge in [-0.3, -0.25) is 9.69 Å². The van der Waals surface area contributed by atoms with Crippen LogP contribution in [0.25, 0.3) is 10.8 Å². The zero-order chi connectivity index (χ0) is 18.6. The van der Waals surface area contributed by atoms with Crippen LogP contribution in [0.2, 0.25) is 0 Å². The van der Waals surface area contributed by atoms with Gasteiger partial charge in [-0.25, -0.2) is 4.98 Å². The first-order valence-electron chi connectivity index (χ1n) is 9.37. The Morgan fingerprint density at radius 3 is 2.52 bits per heavy atom. The van der Waals surface area contributed by atoms with Crippen LogP contribution in [0.1, 0.15) is 35.2 Å². The van der Waals surface area contributed by atoms with Crippen LogP contribution < -0.4 is 10.5 Å². The van der Waals surface area contributed by atoms with Gasteiger partial charge in [0.25, 0.3) is 0 Å². The number of benzene rings is 2. The first kappa shape index (κ1) is 17.5. The van der Waals surface area contributed by atoms with E-state index in [1.54, 1.807) is 12.1 Å². The van der Waals surface area contributed by atoms with Crippen molar-refractivity contribution in [3.05, 3.63) is 65.9 Å². The molecule has 2 aromatic carbocycles. The number of fused-ring (bicyclic) bond motifs is 1. The third kappa shape index (κ3) is 3.93. The summed E-state index contributed by atoms with van der Waals surface area (Å²) >= 11 is 0. The number of nitrogens with two attached hydrogens (primary N) is 1. The maximum absolute atomic E-state index is 11.2. The Bertz CT molecular complexity index is 947. The molecule has 1 aliphatic heterocycles. The van der Waals surface area contributed by atoms with Crippen molar-refractivity contribution in [1.29, 1.82) is 0 Å². The van der Waals surface area contributed by atoms with Crippen molar-refractivity contribution in [3.8, 4) is 11.6 Å². The fourth-order valence-electron chi connectivity index (χ4n) is 3.63. The lowest BCUT2D eigenvalue weighted by Gasteiger charge is -2.27. The van der Waals surface area contributed by atoms with Crippen LogP contribution in [0.4, 0.5) is 0 Å². The lowest BCUT2D eigenvalue weighted by atomic mass is 10.0. The van der Waals surface area contributed by atoms with E-state index < -0.39 is 5.91 Å². The van der Waals surface area contributed by atoms with Crippen molar-refractivity contribution in [2.45, 2.75) is 25.8 Å². The predicted molar refractivity (Wildman–Crippen MR) is 106 cm³/mol. The van der Waals surface area contributed by atoms with Crippen molar-refractivity contribution in [2.24, 2.45) is 5.73 Å². The van der Waals surface area contributed by atoms with E-state index in [1.165, 1.54) is 49.5 Å². The summed E-state index contributed by atoms with van der Waals surface area (Å²) in [6.07, 6.45) is 5.34. The van der Waals surface area contributed by atoms with Crippen LogP contribution >= 0.6 is 0 Å². The molecular formula is C22H23N3O2. The van der Waals surface area contributed by atoms with Crippen LogP contribution in [0.15, 0.2) is 54.7 Å². The van der Waals surface area contributed by atoms with Gasteiger partial charge in [0.15, 0.2) is 0 Å². The van der Waals surface area contributed by atoms with E-state index in [-0.39, 0.29) is 0 Å². The highest BCUT2D eigenvalue weighted by atomic mass is 16.5. The molecule has 0 bridgehead atoms. The van der Waals surface area contributed by atoms with Crippen LogP contribution in [0, 0.1) is 0 Å². The van der Waals surface area contributed by atoms with E-state index in [0.29, 0.717) is 11.4 Å². The van der Waals surface area contributed by atoms with Gasteiger partial charge in [0, 0.05) is 24.2 Å². The van der Waals surface area contributed by atoms with E-state index in [9.17, 15) is 4.79 Å². The number of carbonyl (C=O) groups is 1. The molecule has 1 amide bonds. The number of hydrogen-bond donors (Lipinski definition) is 1. The number of piperidine rings is 1. The van der Waals surface area contributed by atoms with Crippen LogP contribution in [-0.4, -0.2) is 28.9 Å². The molecular weight excluding hydrogens is 338 g/mol. The molecule has 2 heterocycles. The minimum atomic E-state index is -0.499. The number of ether oxygens (including phenoxy) is 1. The number of amides is 1. The smallest absolute Gasteiger partial charge is 0.250 e. The third-order valence-corrected chi connectivity index (χ3v) is 5.05. The lowest BCUT2D eigenvalue weighted by molar-refractivity contribution is 0.1000. The van der Waals surface area contributed by atoms with Gasteiger partial charge in [0.2, 0.25) is 11.8 Å². The molecule has 1 aromatic heterocycles. The molecule has 0 aliphatic carbocycles. The average Bonchev–Trinajstić information content (AvgIpc) is 2.70. The van der Waals surface area contributed by atoms with Gasteiger partial charge >= 0.3 is 0 Å². The number of aromatic nitrogens is 1. The maximum atomic E-state index is 11.2. The Balaban J connectivity index is 1.61. The highest BCUT2D eigenvalue weighted by Crippen LogP contribution is 2.31. The highest BCUT2D eigenvalue weighted by Gasteiger charge is 2.13. The summed E-state index contributed by atoms with van der Waals surface area (Å²) in [7, 11) is 0. The minimum Gasteiger partial charge on any atom is -0.438 e. The Labute approximate surface area is 158 Å². The van der Waals surface area contributed by atoms with E-state index in [1.807, 2.05) is 12.1 Å². The first-order chi connectivity index (χ1) is 13.2. The molecule has 1 aliphatic rings. The lowest BCUT2D eigenvalue weighted by Crippen LogP contribution is -2.29. The van der Waals surface area contributed by atoms with Crippen molar-refractivity contribution in [3.63, 3.8) is 0 Å². The molecule has 27 heavy (non-hydrogen) atoms.